The van der Waals surface area contributed by atoms with E-state index in [-0.39, 0.29) is 5.56 Å². The SMILES string of the molecule is NC(=O)c1ccc(F)c(CSCCC(N)C(=O)O)c1. The molecule has 0 spiro atoms. The van der Waals surface area contributed by atoms with E-state index in [0.29, 0.717) is 23.5 Å². The highest BCUT2D eigenvalue weighted by molar-refractivity contribution is 7.98. The molecule has 0 radical (unpaired) electrons. The van der Waals surface area contributed by atoms with Gasteiger partial charge in [-0.3, -0.25) is 9.59 Å². The number of rotatable bonds is 7. The van der Waals surface area contributed by atoms with Crippen LogP contribution in [-0.2, 0) is 10.5 Å². The van der Waals surface area contributed by atoms with Gasteiger partial charge in [0.2, 0.25) is 5.91 Å². The third kappa shape index (κ3) is 4.88. The molecule has 0 saturated carbocycles. The lowest BCUT2D eigenvalue weighted by Gasteiger charge is -2.07. The summed E-state index contributed by atoms with van der Waals surface area (Å²) in [6, 6.07) is 3.02. The quantitative estimate of drug-likeness (QED) is 0.647. The van der Waals surface area contributed by atoms with Gasteiger partial charge in [0.05, 0.1) is 0 Å². The number of thioether (sulfide) groups is 1. The number of carbonyl (C=O) groups excluding carboxylic acids is 1. The van der Waals surface area contributed by atoms with Crippen molar-refractivity contribution in [2.24, 2.45) is 11.5 Å². The fraction of sp³-hybridized carbons (Fsp3) is 0.333. The van der Waals surface area contributed by atoms with E-state index in [1.54, 1.807) is 0 Å². The van der Waals surface area contributed by atoms with Gasteiger partial charge in [-0.2, -0.15) is 11.8 Å². The van der Waals surface area contributed by atoms with Gasteiger partial charge < -0.3 is 16.6 Å². The zero-order chi connectivity index (χ0) is 14.4. The predicted molar refractivity (Wildman–Crippen MR) is 71.3 cm³/mol. The van der Waals surface area contributed by atoms with Gasteiger partial charge in [-0.1, -0.05) is 0 Å². The molecule has 1 unspecified atom stereocenters. The number of amides is 1. The van der Waals surface area contributed by atoms with Gasteiger partial charge in [-0.15, -0.1) is 0 Å². The van der Waals surface area contributed by atoms with Crippen LogP contribution in [0.15, 0.2) is 18.2 Å². The maximum absolute atomic E-state index is 13.5. The Morgan fingerprint density at radius 3 is 2.68 bits per heavy atom. The van der Waals surface area contributed by atoms with Gasteiger partial charge in [-0.05, 0) is 35.9 Å². The van der Waals surface area contributed by atoms with Crippen LogP contribution in [0, 0.1) is 5.82 Å². The minimum atomic E-state index is -1.05. The second-order valence-electron chi connectivity index (χ2n) is 3.96. The Morgan fingerprint density at radius 1 is 1.42 bits per heavy atom. The normalized spacial score (nSPS) is 12.1. The van der Waals surface area contributed by atoms with E-state index in [1.807, 2.05) is 0 Å². The molecule has 0 saturated heterocycles. The lowest BCUT2D eigenvalue weighted by molar-refractivity contribution is -0.138. The standard InChI is InChI=1S/C12H15FN2O3S/c13-9-2-1-7(11(15)16)5-8(9)6-19-4-3-10(14)12(17)18/h1-2,5,10H,3-4,6,14H2,(H2,15,16)(H,17,18). The van der Waals surface area contributed by atoms with E-state index in [9.17, 15) is 14.0 Å². The molecule has 0 heterocycles. The number of carboxylic acids is 1. The predicted octanol–water partition coefficient (Wildman–Crippen LogP) is 0.960. The highest BCUT2D eigenvalue weighted by Crippen LogP contribution is 2.18. The third-order valence-electron chi connectivity index (χ3n) is 2.48. The first-order valence-electron chi connectivity index (χ1n) is 5.56. The zero-order valence-electron chi connectivity index (χ0n) is 10.1. The Hall–Kier alpha value is -1.60. The summed E-state index contributed by atoms with van der Waals surface area (Å²) >= 11 is 1.35. The molecule has 0 aliphatic heterocycles. The summed E-state index contributed by atoms with van der Waals surface area (Å²) in [5.41, 5.74) is 11.1. The Bertz CT molecular complexity index is 482. The molecule has 5 nitrogen and oxygen atoms in total. The molecule has 1 rings (SSSR count). The molecule has 1 aromatic rings. The molecular formula is C12H15FN2O3S. The van der Waals surface area contributed by atoms with Crippen LogP contribution in [0.25, 0.3) is 0 Å². The second kappa shape index (κ2) is 7.10. The van der Waals surface area contributed by atoms with Crippen molar-refractivity contribution in [3.63, 3.8) is 0 Å². The van der Waals surface area contributed by atoms with Crippen LogP contribution in [0.4, 0.5) is 4.39 Å². The third-order valence-corrected chi connectivity index (χ3v) is 3.52. The van der Waals surface area contributed by atoms with Gasteiger partial charge in [0.15, 0.2) is 0 Å². The van der Waals surface area contributed by atoms with E-state index in [0.717, 1.165) is 0 Å². The highest BCUT2D eigenvalue weighted by atomic mass is 32.2. The number of primary amides is 1. The highest BCUT2D eigenvalue weighted by Gasteiger charge is 2.11. The van der Waals surface area contributed by atoms with Crippen molar-refractivity contribution in [2.75, 3.05) is 5.75 Å². The Morgan fingerprint density at radius 2 is 2.11 bits per heavy atom. The van der Waals surface area contributed by atoms with Crippen LogP contribution in [-0.4, -0.2) is 28.8 Å². The van der Waals surface area contributed by atoms with Crippen molar-refractivity contribution < 1.29 is 19.1 Å². The van der Waals surface area contributed by atoms with Crippen LogP contribution >= 0.6 is 11.8 Å². The van der Waals surface area contributed by atoms with Crippen molar-refractivity contribution in [1.29, 1.82) is 0 Å². The van der Waals surface area contributed by atoms with E-state index in [1.165, 1.54) is 30.0 Å². The van der Waals surface area contributed by atoms with Gasteiger partial charge >= 0.3 is 5.97 Å². The number of aliphatic carboxylic acids is 1. The first kappa shape index (κ1) is 15.5. The van der Waals surface area contributed by atoms with Crippen LogP contribution < -0.4 is 11.5 Å². The molecule has 0 aromatic heterocycles. The molecular weight excluding hydrogens is 271 g/mol. The fourth-order valence-corrected chi connectivity index (χ4v) is 2.36. The van der Waals surface area contributed by atoms with Crippen molar-refractivity contribution in [2.45, 2.75) is 18.2 Å². The minimum absolute atomic E-state index is 0.249. The first-order chi connectivity index (χ1) is 8.91. The Balaban J connectivity index is 2.51. The molecule has 7 heteroatoms. The molecule has 1 amide bonds. The largest absolute Gasteiger partial charge is 0.480 e. The number of hydrogen-bond acceptors (Lipinski definition) is 4. The zero-order valence-corrected chi connectivity index (χ0v) is 11.0. The van der Waals surface area contributed by atoms with Crippen LogP contribution in [0.5, 0.6) is 0 Å². The molecule has 1 aromatic carbocycles. The molecule has 5 N–H and O–H groups in total. The van der Waals surface area contributed by atoms with E-state index in [4.69, 9.17) is 16.6 Å². The minimum Gasteiger partial charge on any atom is -0.480 e. The summed E-state index contributed by atoms with van der Waals surface area (Å²) in [5.74, 6) is -1.26. The summed E-state index contributed by atoms with van der Waals surface area (Å²) in [4.78, 5) is 21.5. The monoisotopic (exact) mass is 286 g/mol. The van der Waals surface area contributed by atoms with E-state index >= 15 is 0 Å². The van der Waals surface area contributed by atoms with Crippen LogP contribution in [0.2, 0.25) is 0 Å². The number of benzene rings is 1. The molecule has 0 aliphatic carbocycles. The van der Waals surface area contributed by atoms with Gasteiger partial charge in [0, 0.05) is 11.3 Å². The molecule has 19 heavy (non-hydrogen) atoms. The number of hydrogen-bond donors (Lipinski definition) is 3. The summed E-state index contributed by atoms with van der Waals surface area (Å²) in [6.45, 7) is 0. The van der Waals surface area contributed by atoms with Crippen molar-refractivity contribution in [3.05, 3.63) is 35.1 Å². The number of halogens is 1. The van der Waals surface area contributed by atoms with Crippen molar-refractivity contribution in [3.8, 4) is 0 Å². The van der Waals surface area contributed by atoms with Gasteiger partial charge in [-0.25, -0.2) is 4.39 Å². The Kier molecular flexibility index (Phi) is 5.78. The average Bonchev–Trinajstić information content (AvgIpc) is 2.35. The molecule has 0 bridgehead atoms. The van der Waals surface area contributed by atoms with Crippen molar-refractivity contribution in [1.82, 2.24) is 0 Å². The molecule has 1 atom stereocenters. The molecule has 0 fully saturated rings. The number of carboxylic acid groups (broad SMARTS) is 1. The summed E-state index contributed by atoms with van der Waals surface area (Å²) in [6.07, 6.45) is 0.303. The summed E-state index contributed by atoms with van der Waals surface area (Å²) in [5, 5.41) is 8.59. The first-order valence-corrected chi connectivity index (χ1v) is 6.71. The molecule has 104 valence electrons. The van der Waals surface area contributed by atoms with Gasteiger partial charge in [0.1, 0.15) is 11.9 Å². The maximum atomic E-state index is 13.5. The fourth-order valence-electron chi connectivity index (χ4n) is 1.35. The average molecular weight is 286 g/mol. The smallest absolute Gasteiger partial charge is 0.320 e. The summed E-state index contributed by atoms with van der Waals surface area (Å²) < 4.78 is 13.5. The maximum Gasteiger partial charge on any atom is 0.320 e. The van der Waals surface area contributed by atoms with Gasteiger partial charge in [0.25, 0.3) is 0 Å². The lowest BCUT2D eigenvalue weighted by atomic mass is 10.1. The van der Waals surface area contributed by atoms with E-state index in [2.05, 4.69) is 0 Å². The topological polar surface area (TPSA) is 106 Å². The Labute approximate surface area is 114 Å². The summed E-state index contributed by atoms with van der Waals surface area (Å²) in [7, 11) is 0. The van der Waals surface area contributed by atoms with E-state index < -0.39 is 23.7 Å². The van der Waals surface area contributed by atoms with Crippen molar-refractivity contribution >= 4 is 23.6 Å². The molecule has 0 aliphatic rings. The number of nitrogens with two attached hydrogens (primary N) is 2. The number of carbonyl (C=O) groups is 2. The van der Waals surface area contributed by atoms with Crippen LogP contribution in [0.1, 0.15) is 22.3 Å². The van der Waals surface area contributed by atoms with Crippen LogP contribution in [0.3, 0.4) is 0 Å². The second-order valence-corrected chi connectivity index (χ2v) is 5.06. The lowest BCUT2D eigenvalue weighted by Crippen LogP contribution is -2.30.